The highest BCUT2D eigenvalue weighted by molar-refractivity contribution is 5.77. The third kappa shape index (κ3) is 5.19. The van der Waals surface area contributed by atoms with E-state index in [1.165, 1.54) is 6.42 Å². The normalized spacial score (nSPS) is 11.9. The minimum absolute atomic E-state index is 0.0581. The molecular weight excluding hydrogens is 186 g/mol. The van der Waals surface area contributed by atoms with Gasteiger partial charge in [0, 0.05) is 18.0 Å². The number of hydrogen-bond donors (Lipinski definition) is 0. The van der Waals surface area contributed by atoms with Crippen molar-refractivity contribution in [3.8, 4) is 0 Å². The van der Waals surface area contributed by atoms with Gasteiger partial charge in [0.05, 0.1) is 0 Å². The molecule has 0 rings (SSSR count). The van der Waals surface area contributed by atoms with Gasteiger partial charge in [-0.05, 0) is 41.0 Å². The fraction of sp³-hybridized carbons (Fsp3) is 0.923. The van der Waals surface area contributed by atoms with Gasteiger partial charge in [-0.1, -0.05) is 19.8 Å². The van der Waals surface area contributed by atoms with Crippen LogP contribution in [0, 0.1) is 0 Å². The molecule has 90 valence electrons. The van der Waals surface area contributed by atoms with Crippen molar-refractivity contribution >= 4 is 5.91 Å². The topological polar surface area (TPSA) is 20.3 Å². The van der Waals surface area contributed by atoms with Gasteiger partial charge in [0.25, 0.3) is 0 Å². The van der Waals surface area contributed by atoms with Crippen molar-refractivity contribution in [1.82, 2.24) is 4.90 Å². The third-order valence-corrected chi connectivity index (χ3v) is 2.50. The SMILES string of the molecule is CCCCCC(=O)N(C(C)C)C(C)(C)C. The van der Waals surface area contributed by atoms with Crippen molar-refractivity contribution in [2.24, 2.45) is 0 Å². The molecule has 0 fully saturated rings. The van der Waals surface area contributed by atoms with E-state index >= 15 is 0 Å². The maximum absolute atomic E-state index is 12.0. The number of rotatable bonds is 5. The fourth-order valence-electron chi connectivity index (χ4n) is 2.08. The Kier molecular flexibility index (Phi) is 5.92. The number of amides is 1. The van der Waals surface area contributed by atoms with Crippen molar-refractivity contribution in [3.05, 3.63) is 0 Å². The van der Waals surface area contributed by atoms with Crippen LogP contribution in [-0.4, -0.2) is 22.4 Å². The zero-order chi connectivity index (χ0) is 12.1. The molecule has 0 atom stereocenters. The van der Waals surface area contributed by atoms with Crippen LogP contribution in [0.5, 0.6) is 0 Å². The molecule has 2 nitrogen and oxygen atoms in total. The summed E-state index contributed by atoms with van der Waals surface area (Å²) in [5.74, 6) is 0.297. The molecule has 0 aromatic heterocycles. The largest absolute Gasteiger partial charge is 0.335 e. The summed E-state index contributed by atoms with van der Waals surface area (Å²) in [6, 6.07) is 0.291. The molecule has 0 saturated carbocycles. The van der Waals surface area contributed by atoms with Crippen LogP contribution in [-0.2, 0) is 4.79 Å². The second-order valence-corrected chi connectivity index (χ2v) is 5.49. The highest BCUT2D eigenvalue weighted by atomic mass is 16.2. The van der Waals surface area contributed by atoms with Crippen LogP contribution in [0.4, 0.5) is 0 Å². The first-order valence-corrected chi connectivity index (χ1v) is 6.12. The van der Waals surface area contributed by atoms with Crippen LogP contribution in [0.25, 0.3) is 0 Å². The van der Waals surface area contributed by atoms with Crippen LogP contribution in [0.1, 0.15) is 67.2 Å². The molecule has 0 aliphatic heterocycles. The van der Waals surface area contributed by atoms with Crippen LogP contribution in [0.2, 0.25) is 0 Å². The Morgan fingerprint density at radius 1 is 1.20 bits per heavy atom. The standard InChI is InChI=1S/C13H27NO/c1-7-8-9-10-12(15)14(11(2)3)13(4,5)6/h11H,7-10H2,1-6H3. The van der Waals surface area contributed by atoms with Crippen molar-refractivity contribution in [3.63, 3.8) is 0 Å². The number of nitrogens with zero attached hydrogens (tertiary/aromatic N) is 1. The van der Waals surface area contributed by atoms with E-state index in [4.69, 9.17) is 0 Å². The lowest BCUT2D eigenvalue weighted by Crippen LogP contribution is -2.49. The first kappa shape index (κ1) is 14.5. The molecular formula is C13H27NO. The fourth-order valence-corrected chi connectivity index (χ4v) is 2.08. The number of unbranched alkanes of at least 4 members (excludes halogenated alkanes) is 2. The number of hydrogen-bond acceptors (Lipinski definition) is 1. The molecule has 2 heteroatoms. The molecule has 0 aromatic carbocycles. The predicted octanol–water partition coefficient (Wildman–Crippen LogP) is 3.60. The van der Waals surface area contributed by atoms with E-state index in [1.54, 1.807) is 0 Å². The van der Waals surface area contributed by atoms with Gasteiger partial charge in [0.2, 0.25) is 5.91 Å². The quantitative estimate of drug-likeness (QED) is 0.639. The van der Waals surface area contributed by atoms with Crippen molar-refractivity contribution in [2.75, 3.05) is 0 Å². The van der Waals surface area contributed by atoms with Crippen LogP contribution >= 0.6 is 0 Å². The van der Waals surface area contributed by atoms with Crippen LogP contribution in [0.15, 0.2) is 0 Å². The first-order valence-electron chi connectivity index (χ1n) is 6.12. The van der Waals surface area contributed by atoms with E-state index in [9.17, 15) is 4.79 Å². The molecule has 0 radical (unpaired) electrons. The summed E-state index contributed by atoms with van der Waals surface area (Å²) in [5, 5.41) is 0. The average Bonchev–Trinajstić information content (AvgIpc) is 2.00. The number of carbonyl (C=O) groups excluding carboxylic acids is 1. The van der Waals surface area contributed by atoms with Gasteiger partial charge >= 0.3 is 0 Å². The van der Waals surface area contributed by atoms with E-state index in [0.717, 1.165) is 12.8 Å². The zero-order valence-corrected chi connectivity index (χ0v) is 11.3. The lowest BCUT2D eigenvalue weighted by atomic mass is 10.0. The van der Waals surface area contributed by atoms with Gasteiger partial charge in [-0.3, -0.25) is 4.79 Å². The molecule has 0 N–H and O–H groups in total. The summed E-state index contributed by atoms with van der Waals surface area (Å²) in [6.07, 6.45) is 4.05. The summed E-state index contributed by atoms with van der Waals surface area (Å²) in [5.41, 5.74) is -0.0581. The van der Waals surface area contributed by atoms with Crippen molar-refractivity contribution in [2.45, 2.75) is 78.8 Å². The second-order valence-electron chi connectivity index (χ2n) is 5.49. The van der Waals surface area contributed by atoms with Gasteiger partial charge in [0.15, 0.2) is 0 Å². The van der Waals surface area contributed by atoms with E-state index in [1.807, 2.05) is 4.90 Å². The molecule has 0 unspecified atom stereocenters. The Morgan fingerprint density at radius 3 is 2.07 bits per heavy atom. The van der Waals surface area contributed by atoms with Crippen LogP contribution < -0.4 is 0 Å². The first-order chi connectivity index (χ1) is 6.80. The van der Waals surface area contributed by atoms with E-state index in [-0.39, 0.29) is 5.54 Å². The van der Waals surface area contributed by atoms with E-state index in [2.05, 4.69) is 41.5 Å². The van der Waals surface area contributed by atoms with Crippen LogP contribution in [0.3, 0.4) is 0 Å². The highest BCUT2D eigenvalue weighted by Crippen LogP contribution is 2.19. The summed E-state index contributed by atoms with van der Waals surface area (Å²) < 4.78 is 0. The van der Waals surface area contributed by atoms with Gasteiger partial charge in [0.1, 0.15) is 0 Å². The molecule has 0 aliphatic rings. The second kappa shape index (κ2) is 6.14. The van der Waals surface area contributed by atoms with Crippen molar-refractivity contribution in [1.29, 1.82) is 0 Å². The van der Waals surface area contributed by atoms with Crippen molar-refractivity contribution < 1.29 is 4.79 Å². The Morgan fingerprint density at radius 2 is 1.73 bits per heavy atom. The maximum Gasteiger partial charge on any atom is 0.223 e. The Labute approximate surface area is 95.0 Å². The Hall–Kier alpha value is -0.530. The molecule has 0 heterocycles. The average molecular weight is 213 g/mol. The molecule has 0 bridgehead atoms. The molecule has 0 saturated heterocycles. The zero-order valence-electron chi connectivity index (χ0n) is 11.3. The number of carbonyl (C=O) groups is 1. The molecule has 1 amide bonds. The Bertz CT molecular complexity index is 191. The van der Waals surface area contributed by atoms with E-state index < -0.39 is 0 Å². The lowest BCUT2D eigenvalue weighted by Gasteiger charge is -2.39. The maximum atomic E-state index is 12.0. The summed E-state index contributed by atoms with van der Waals surface area (Å²) >= 11 is 0. The lowest BCUT2D eigenvalue weighted by molar-refractivity contribution is -0.138. The minimum atomic E-state index is -0.0581. The summed E-state index contributed by atoms with van der Waals surface area (Å²) in [7, 11) is 0. The molecule has 0 spiro atoms. The molecule has 0 aliphatic carbocycles. The summed E-state index contributed by atoms with van der Waals surface area (Å²) in [6.45, 7) is 12.6. The molecule has 15 heavy (non-hydrogen) atoms. The predicted molar refractivity (Wildman–Crippen MR) is 65.9 cm³/mol. The van der Waals surface area contributed by atoms with Gasteiger partial charge < -0.3 is 4.90 Å². The monoisotopic (exact) mass is 213 g/mol. The van der Waals surface area contributed by atoms with Gasteiger partial charge in [-0.25, -0.2) is 0 Å². The highest BCUT2D eigenvalue weighted by Gasteiger charge is 2.27. The smallest absolute Gasteiger partial charge is 0.223 e. The van der Waals surface area contributed by atoms with E-state index in [0.29, 0.717) is 18.4 Å². The Balaban J connectivity index is 4.32. The van der Waals surface area contributed by atoms with Gasteiger partial charge in [-0.15, -0.1) is 0 Å². The third-order valence-electron chi connectivity index (χ3n) is 2.50. The summed E-state index contributed by atoms with van der Waals surface area (Å²) in [4.78, 5) is 14.0. The minimum Gasteiger partial charge on any atom is -0.335 e. The molecule has 0 aromatic rings. The van der Waals surface area contributed by atoms with Gasteiger partial charge in [-0.2, -0.15) is 0 Å².